The van der Waals surface area contributed by atoms with Gasteiger partial charge in [-0.1, -0.05) is 51.3 Å². The van der Waals surface area contributed by atoms with E-state index in [1.54, 1.807) is 0 Å². The summed E-state index contributed by atoms with van der Waals surface area (Å²) in [6, 6.07) is 9.34. The summed E-state index contributed by atoms with van der Waals surface area (Å²) < 4.78 is 0. The SMILES string of the molecule is CN(Cc1cccc(-c2cnc3[nH]cc(CC(C)(C)C=O)c3n2)c1)C1CCCCC1. The van der Waals surface area contributed by atoms with Gasteiger partial charge in [0.2, 0.25) is 0 Å². The molecule has 0 bridgehead atoms. The minimum atomic E-state index is -0.420. The van der Waals surface area contributed by atoms with E-state index >= 15 is 0 Å². The highest BCUT2D eigenvalue weighted by atomic mass is 16.1. The molecule has 0 atom stereocenters. The zero-order chi connectivity index (χ0) is 21.1. The molecule has 1 saturated carbocycles. The van der Waals surface area contributed by atoms with Crippen molar-refractivity contribution in [2.45, 2.75) is 65.0 Å². The molecule has 0 spiro atoms. The first-order chi connectivity index (χ1) is 14.4. The van der Waals surface area contributed by atoms with Gasteiger partial charge in [-0.3, -0.25) is 4.90 Å². The fourth-order valence-corrected chi connectivity index (χ4v) is 4.52. The molecule has 2 aromatic heterocycles. The largest absolute Gasteiger partial charge is 0.345 e. The predicted molar refractivity (Wildman–Crippen MR) is 121 cm³/mol. The summed E-state index contributed by atoms with van der Waals surface area (Å²) in [5.74, 6) is 0. The number of benzene rings is 1. The maximum Gasteiger partial charge on any atom is 0.156 e. The van der Waals surface area contributed by atoms with Gasteiger partial charge < -0.3 is 9.78 Å². The van der Waals surface area contributed by atoms with Gasteiger partial charge in [0, 0.05) is 29.8 Å². The Kier molecular flexibility index (Phi) is 6.00. The molecule has 1 fully saturated rings. The third kappa shape index (κ3) is 4.62. The third-order valence-electron chi connectivity index (χ3n) is 6.28. The zero-order valence-electron chi connectivity index (χ0n) is 18.3. The number of aldehydes is 1. The molecule has 158 valence electrons. The first-order valence-electron chi connectivity index (χ1n) is 11.0. The van der Waals surface area contributed by atoms with Crippen LogP contribution in [-0.2, 0) is 17.8 Å². The Hall–Kier alpha value is -2.53. The molecule has 5 nitrogen and oxygen atoms in total. The van der Waals surface area contributed by atoms with Gasteiger partial charge in [-0.25, -0.2) is 9.97 Å². The van der Waals surface area contributed by atoms with Crippen LogP contribution in [0.5, 0.6) is 0 Å². The van der Waals surface area contributed by atoms with E-state index in [4.69, 9.17) is 4.98 Å². The molecule has 30 heavy (non-hydrogen) atoms. The van der Waals surface area contributed by atoms with Crippen molar-refractivity contribution in [3.05, 3.63) is 47.8 Å². The Morgan fingerprint density at radius 1 is 1.23 bits per heavy atom. The predicted octanol–water partition coefficient (Wildman–Crippen LogP) is 5.16. The molecule has 2 heterocycles. The number of hydrogen-bond acceptors (Lipinski definition) is 4. The van der Waals surface area contributed by atoms with E-state index in [1.165, 1.54) is 37.7 Å². The lowest BCUT2D eigenvalue weighted by molar-refractivity contribution is -0.114. The minimum absolute atomic E-state index is 0.420. The molecule has 3 aromatic rings. The van der Waals surface area contributed by atoms with Gasteiger partial charge in [-0.2, -0.15) is 0 Å². The van der Waals surface area contributed by atoms with Crippen molar-refractivity contribution >= 4 is 17.5 Å². The van der Waals surface area contributed by atoms with Crippen LogP contribution in [0.25, 0.3) is 22.4 Å². The van der Waals surface area contributed by atoms with E-state index in [1.807, 2.05) is 26.2 Å². The quantitative estimate of drug-likeness (QED) is 0.553. The van der Waals surface area contributed by atoms with Crippen molar-refractivity contribution in [1.82, 2.24) is 19.9 Å². The molecule has 0 radical (unpaired) electrons. The van der Waals surface area contributed by atoms with Crippen molar-refractivity contribution < 1.29 is 4.79 Å². The fraction of sp³-hybridized carbons (Fsp3) is 0.480. The lowest BCUT2D eigenvalue weighted by atomic mass is 9.88. The maximum absolute atomic E-state index is 11.4. The molecule has 0 saturated heterocycles. The summed E-state index contributed by atoms with van der Waals surface area (Å²) >= 11 is 0. The van der Waals surface area contributed by atoms with Crippen LogP contribution < -0.4 is 0 Å². The van der Waals surface area contributed by atoms with Gasteiger partial charge >= 0.3 is 0 Å². The van der Waals surface area contributed by atoms with Gasteiger partial charge in [0.25, 0.3) is 0 Å². The molecule has 4 rings (SSSR count). The third-order valence-corrected chi connectivity index (χ3v) is 6.28. The van der Waals surface area contributed by atoms with Crippen molar-refractivity contribution in [3.8, 4) is 11.3 Å². The van der Waals surface area contributed by atoms with Crippen LogP contribution in [0.2, 0.25) is 0 Å². The zero-order valence-corrected chi connectivity index (χ0v) is 18.3. The van der Waals surface area contributed by atoms with Crippen LogP contribution in [0.4, 0.5) is 0 Å². The maximum atomic E-state index is 11.4. The van der Waals surface area contributed by atoms with Gasteiger partial charge in [0.15, 0.2) is 5.65 Å². The number of carbonyl (C=O) groups is 1. The summed E-state index contributed by atoms with van der Waals surface area (Å²) in [6.07, 6.45) is 12.1. The van der Waals surface area contributed by atoms with Gasteiger partial charge in [-0.15, -0.1) is 0 Å². The van der Waals surface area contributed by atoms with Crippen LogP contribution in [0, 0.1) is 5.41 Å². The number of carbonyl (C=O) groups excluding carboxylic acids is 1. The Balaban J connectivity index is 1.57. The monoisotopic (exact) mass is 404 g/mol. The second kappa shape index (κ2) is 8.68. The highest BCUT2D eigenvalue weighted by Gasteiger charge is 2.21. The van der Waals surface area contributed by atoms with Crippen molar-refractivity contribution in [1.29, 1.82) is 0 Å². The van der Waals surface area contributed by atoms with E-state index in [0.29, 0.717) is 12.5 Å². The van der Waals surface area contributed by atoms with Crippen molar-refractivity contribution in [2.24, 2.45) is 5.41 Å². The van der Waals surface area contributed by atoms with E-state index in [-0.39, 0.29) is 0 Å². The molecule has 5 heteroatoms. The lowest BCUT2D eigenvalue weighted by Crippen LogP contribution is -2.32. The number of H-pyrrole nitrogens is 1. The Morgan fingerprint density at radius 2 is 2.03 bits per heavy atom. The number of fused-ring (bicyclic) bond motifs is 1. The van der Waals surface area contributed by atoms with E-state index in [9.17, 15) is 4.79 Å². The Morgan fingerprint density at radius 3 is 2.80 bits per heavy atom. The lowest BCUT2D eigenvalue weighted by Gasteiger charge is -2.31. The standard InChI is InChI=1S/C25H32N4O/c1-25(2,17-30)13-20-14-26-24-23(20)28-22(15-27-24)19-9-7-8-18(12-19)16-29(3)21-10-5-4-6-11-21/h7-9,12,14-15,17,21H,4-6,10-11,13,16H2,1-3H3,(H,26,27). The summed E-state index contributed by atoms with van der Waals surface area (Å²) in [5, 5.41) is 0. The molecule has 1 aromatic carbocycles. The topological polar surface area (TPSA) is 61.9 Å². The summed E-state index contributed by atoms with van der Waals surface area (Å²) in [7, 11) is 2.25. The normalized spacial score (nSPS) is 15.7. The molecular formula is C25H32N4O. The highest BCUT2D eigenvalue weighted by molar-refractivity contribution is 5.78. The van der Waals surface area contributed by atoms with Crippen LogP contribution in [0.3, 0.4) is 0 Å². The number of aromatic amines is 1. The number of nitrogens with one attached hydrogen (secondary N) is 1. The second-order valence-electron chi connectivity index (χ2n) is 9.46. The van der Waals surface area contributed by atoms with Crippen molar-refractivity contribution in [2.75, 3.05) is 7.05 Å². The summed E-state index contributed by atoms with van der Waals surface area (Å²) in [5.41, 5.74) is 5.49. The minimum Gasteiger partial charge on any atom is -0.345 e. The van der Waals surface area contributed by atoms with Crippen LogP contribution in [0.15, 0.2) is 36.7 Å². The van der Waals surface area contributed by atoms with Crippen LogP contribution in [0.1, 0.15) is 57.1 Å². The fourth-order valence-electron chi connectivity index (χ4n) is 4.52. The molecule has 1 N–H and O–H groups in total. The smallest absolute Gasteiger partial charge is 0.156 e. The average Bonchev–Trinajstić information content (AvgIpc) is 3.16. The van der Waals surface area contributed by atoms with Crippen LogP contribution >= 0.6 is 0 Å². The van der Waals surface area contributed by atoms with E-state index in [0.717, 1.165) is 40.8 Å². The first-order valence-corrected chi connectivity index (χ1v) is 11.0. The van der Waals surface area contributed by atoms with Gasteiger partial charge in [0.05, 0.1) is 11.9 Å². The highest BCUT2D eigenvalue weighted by Crippen LogP contribution is 2.27. The number of rotatable bonds is 7. The second-order valence-corrected chi connectivity index (χ2v) is 9.46. The van der Waals surface area contributed by atoms with Crippen LogP contribution in [-0.4, -0.2) is 39.2 Å². The molecule has 0 amide bonds. The molecular weight excluding hydrogens is 372 g/mol. The number of nitrogens with zero attached hydrogens (tertiary/aromatic N) is 3. The molecule has 1 aliphatic carbocycles. The number of hydrogen-bond donors (Lipinski definition) is 1. The molecule has 0 unspecified atom stereocenters. The average molecular weight is 405 g/mol. The van der Waals surface area contributed by atoms with Gasteiger partial charge in [-0.05, 0) is 43.5 Å². The number of aromatic nitrogens is 3. The molecule has 1 aliphatic rings. The van der Waals surface area contributed by atoms with Crippen molar-refractivity contribution in [3.63, 3.8) is 0 Å². The Labute approximate surface area is 178 Å². The Bertz CT molecular complexity index is 1020. The summed E-state index contributed by atoms with van der Waals surface area (Å²) in [6.45, 7) is 4.85. The first kappa shape index (κ1) is 20.7. The van der Waals surface area contributed by atoms with E-state index < -0.39 is 5.41 Å². The molecule has 0 aliphatic heterocycles. The van der Waals surface area contributed by atoms with Gasteiger partial charge in [0.1, 0.15) is 11.8 Å². The van der Waals surface area contributed by atoms with E-state index in [2.05, 4.69) is 46.2 Å². The summed E-state index contributed by atoms with van der Waals surface area (Å²) in [4.78, 5) is 26.5.